The van der Waals surface area contributed by atoms with Crippen LogP contribution in [0.15, 0.2) is 89.9 Å². The molecule has 0 bridgehead atoms. The van der Waals surface area contributed by atoms with Crippen LogP contribution in [0.3, 0.4) is 0 Å². The molecule has 2 heterocycles. The Labute approximate surface area is 196 Å². The molecule has 7 heteroatoms. The highest BCUT2D eigenvalue weighted by molar-refractivity contribution is 5.94. The number of anilines is 1. The Kier molecular flexibility index (Phi) is 6.07. The van der Waals surface area contributed by atoms with E-state index in [1.54, 1.807) is 23.1 Å². The summed E-state index contributed by atoms with van der Waals surface area (Å²) in [7, 11) is 0. The van der Waals surface area contributed by atoms with Crippen molar-refractivity contribution in [1.82, 2.24) is 9.55 Å². The molecular formula is C27H23N3O4. The molecule has 0 unspecified atom stereocenters. The van der Waals surface area contributed by atoms with E-state index < -0.39 is 0 Å². The number of rotatable bonds is 6. The zero-order chi connectivity index (χ0) is 23.3. The Morgan fingerprint density at radius 2 is 1.74 bits per heavy atom. The standard InChI is InChI=1S/C27H23N3O4/c31-26-18-28-22-10-4-5-11-23(22)30(26)19-27(32)29(14-6-9-20-7-2-1-3-8-20)21-12-13-24-25(17-21)34-16-15-33-24/h1-13,17-18H,14-16,19H2/b9-6+. The lowest BCUT2D eigenvalue weighted by Crippen LogP contribution is -2.37. The van der Waals surface area contributed by atoms with Gasteiger partial charge in [-0.2, -0.15) is 0 Å². The Hall–Kier alpha value is -4.39. The molecule has 5 rings (SSSR count). The number of carbonyl (C=O) groups excluding carboxylic acids is 1. The molecule has 3 aromatic carbocycles. The number of benzene rings is 3. The molecule has 0 atom stereocenters. The van der Waals surface area contributed by atoms with Crippen molar-refractivity contribution in [2.45, 2.75) is 6.54 Å². The van der Waals surface area contributed by atoms with Crippen LogP contribution < -0.4 is 19.9 Å². The van der Waals surface area contributed by atoms with Crippen LogP contribution in [-0.4, -0.2) is 35.2 Å². The number of nitrogens with zero attached hydrogens (tertiary/aromatic N) is 3. The fourth-order valence-electron chi connectivity index (χ4n) is 3.91. The summed E-state index contributed by atoms with van der Waals surface area (Å²) in [6.07, 6.45) is 5.14. The molecular weight excluding hydrogens is 430 g/mol. The lowest BCUT2D eigenvalue weighted by atomic mass is 10.2. The first-order chi connectivity index (χ1) is 16.7. The molecule has 170 valence electrons. The second-order valence-corrected chi connectivity index (χ2v) is 7.82. The fourth-order valence-corrected chi connectivity index (χ4v) is 3.91. The summed E-state index contributed by atoms with van der Waals surface area (Å²) in [4.78, 5) is 32.0. The quantitative estimate of drug-likeness (QED) is 0.443. The minimum Gasteiger partial charge on any atom is -0.486 e. The van der Waals surface area contributed by atoms with Crippen molar-refractivity contribution in [1.29, 1.82) is 0 Å². The molecule has 1 aromatic heterocycles. The van der Waals surface area contributed by atoms with E-state index in [2.05, 4.69) is 4.98 Å². The number of hydrogen-bond acceptors (Lipinski definition) is 5. The Bertz CT molecular complexity index is 1410. The number of ether oxygens (including phenoxy) is 2. The molecule has 0 saturated heterocycles. The number of hydrogen-bond donors (Lipinski definition) is 0. The summed E-state index contributed by atoms with van der Waals surface area (Å²) in [6, 6.07) is 22.6. The highest BCUT2D eigenvalue weighted by Gasteiger charge is 2.20. The predicted molar refractivity (Wildman–Crippen MR) is 131 cm³/mol. The van der Waals surface area contributed by atoms with Crippen molar-refractivity contribution in [2.75, 3.05) is 24.7 Å². The summed E-state index contributed by atoms with van der Waals surface area (Å²) in [5, 5.41) is 0. The van der Waals surface area contributed by atoms with Crippen molar-refractivity contribution in [3.05, 3.63) is 101 Å². The molecule has 1 aliphatic rings. The van der Waals surface area contributed by atoms with Gasteiger partial charge in [-0.25, -0.2) is 4.98 Å². The normalized spacial score (nSPS) is 12.7. The maximum absolute atomic E-state index is 13.6. The van der Waals surface area contributed by atoms with Crippen LogP contribution >= 0.6 is 0 Å². The first-order valence-corrected chi connectivity index (χ1v) is 11.1. The van der Waals surface area contributed by atoms with Crippen molar-refractivity contribution < 1.29 is 14.3 Å². The van der Waals surface area contributed by atoms with E-state index in [9.17, 15) is 9.59 Å². The van der Waals surface area contributed by atoms with Crippen LogP contribution in [0.4, 0.5) is 5.69 Å². The van der Waals surface area contributed by atoms with Gasteiger partial charge < -0.3 is 14.4 Å². The molecule has 4 aromatic rings. The summed E-state index contributed by atoms with van der Waals surface area (Å²) < 4.78 is 12.8. The number of para-hydroxylation sites is 2. The summed E-state index contributed by atoms with van der Waals surface area (Å²) in [5.74, 6) is 1.02. The zero-order valence-electron chi connectivity index (χ0n) is 18.5. The molecule has 0 fully saturated rings. The maximum Gasteiger partial charge on any atom is 0.269 e. The average molecular weight is 453 g/mol. The highest BCUT2D eigenvalue weighted by atomic mass is 16.6. The third-order valence-electron chi connectivity index (χ3n) is 5.58. The smallest absolute Gasteiger partial charge is 0.269 e. The molecule has 0 N–H and O–H groups in total. The fraction of sp³-hybridized carbons (Fsp3) is 0.148. The Morgan fingerprint density at radius 3 is 2.59 bits per heavy atom. The van der Waals surface area contributed by atoms with Gasteiger partial charge in [0.25, 0.3) is 5.56 Å². The average Bonchev–Trinajstić information content (AvgIpc) is 2.88. The van der Waals surface area contributed by atoms with Gasteiger partial charge in [0.1, 0.15) is 19.8 Å². The van der Waals surface area contributed by atoms with Crippen molar-refractivity contribution >= 4 is 28.7 Å². The van der Waals surface area contributed by atoms with Crippen molar-refractivity contribution in [2.24, 2.45) is 0 Å². The minimum absolute atomic E-state index is 0.116. The van der Waals surface area contributed by atoms with Gasteiger partial charge in [0.15, 0.2) is 11.5 Å². The van der Waals surface area contributed by atoms with Crippen LogP contribution in [0.25, 0.3) is 17.1 Å². The van der Waals surface area contributed by atoms with Crippen molar-refractivity contribution in [3.63, 3.8) is 0 Å². The van der Waals surface area contributed by atoms with Crippen LogP contribution in [0.2, 0.25) is 0 Å². The SMILES string of the molecule is O=C(Cn1c(=O)cnc2ccccc21)N(C/C=C/c1ccccc1)c1ccc2c(c1)OCCO2. The van der Waals surface area contributed by atoms with Gasteiger partial charge in [0.2, 0.25) is 5.91 Å². The van der Waals surface area contributed by atoms with E-state index in [1.807, 2.05) is 66.7 Å². The lowest BCUT2D eigenvalue weighted by molar-refractivity contribution is -0.119. The maximum atomic E-state index is 13.6. The number of carbonyl (C=O) groups is 1. The predicted octanol–water partition coefficient (Wildman–Crippen LogP) is 3.91. The third-order valence-corrected chi connectivity index (χ3v) is 5.58. The van der Waals surface area contributed by atoms with Crippen LogP contribution in [0.5, 0.6) is 11.5 Å². The third kappa shape index (κ3) is 4.54. The second-order valence-electron chi connectivity index (χ2n) is 7.82. The van der Waals surface area contributed by atoms with E-state index in [4.69, 9.17) is 9.47 Å². The van der Waals surface area contributed by atoms with Gasteiger partial charge >= 0.3 is 0 Å². The van der Waals surface area contributed by atoms with Gasteiger partial charge in [-0.15, -0.1) is 0 Å². The molecule has 0 radical (unpaired) electrons. The topological polar surface area (TPSA) is 73.7 Å². The molecule has 34 heavy (non-hydrogen) atoms. The number of amides is 1. The highest BCUT2D eigenvalue weighted by Crippen LogP contribution is 2.34. The minimum atomic E-state index is -0.325. The van der Waals surface area contributed by atoms with E-state index in [0.29, 0.717) is 48.0 Å². The van der Waals surface area contributed by atoms with Gasteiger partial charge in [-0.1, -0.05) is 54.6 Å². The first kappa shape index (κ1) is 21.5. The second kappa shape index (κ2) is 9.62. The summed E-state index contributed by atoms with van der Waals surface area (Å²) in [6.45, 7) is 1.16. The number of fused-ring (bicyclic) bond motifs is 2. The summed E-state index contributed by atoms with van der Waals surface area (Å²) >= 11 is 0. The number of aromatic nitrogens is 2. The van der Waals surface area contributed by atoms with Gasteiger partial charge in [-0.3, -0.25) is 14.2 Å². The summed E-state index contributed by atoms with van der Waals surface area (Å²) in [5.41, 5.74) is 2.65. The molecule has 0 saturated carbocycles. The first-order valence-electron chi connectivity index (χ1n) is 11.1. The van der Waals surface area contributed by atoms with E-state index in [1.165, 1.54) is 10.8 Å². The van der Waals surface area contributed by atoms with Gasteiger partial charge in [0, 0.05) is 18.3 Å². The molecule has 7 nitrogen and oxygen atoms in total. The Morgan fingerprint density at radius 1 is 0.971 bits per heavy atom. The molecule has 0 spiro atoms. The lowest BCUT2D eigenvalue weighted by Gasteiger charge is -2.25. The van der Waals surface area contributed by atoms with Crippen LogP contribution in [-0.2, 0) is 11.3 Å². The molecule has 1 aliphatic heterocycles. The monoisotopic (exact) mass is 453 g/mol. The van der Waals surface area contributed by atoms with Crippen molar-refractivity contribution in [3.8, 4) is 11.5 Å². The van der Waals surface area contributed by atoms with Gasteiger partial charge in [0.05, 0.1) is 17.2 Å². The van der Waals surface area contributed by atoms with E-state index in [0.717, 1.165) is 5.56 Å². The van der Waals surface area contributed by atoms with Gasteiger partial charge in [-0.05, 0) is 29.8 Å². The molecule has 1 amide bonds. The van der Waals surface area contributed by atoms with Crippen LogP contribution in [0, 0.1) is 0 Å². The van der Waals surface area contributed by atoms with Crippen LogP contribution in [0.1, 0.15) is 5.56 Å². The Balaban J connectivity index is 1.48. The zero-order valence-corrected chi connectivity index (χ0v) is 18.5. The van der Waals surface area contributed by atoms with E-state index >= 15 is 0 Å². The molecule has 0 aliphatic carbocycles. The van der Waals surface area contributed by atoms with E-state index in [-0.39, 0.29) is 18.0 Å². The largest absolute Gasteiger partial charge is 0.486 e.